The maximum atomic E-state index is 12.1. The summed E-state index contributed by atoms with van der Waals surface area (Å²) in [4.78, 5) is 0. The summed E-state index contributed by atoms with van der Waals surface area (Å²) in [5, 5.41) is 2.88. The molecule has 0 saturated carbocycles. The molecule has 3 aromatic rings. The van der Waals surface area contributed by atoms with Crippen LogP contribution < -0.4 is 35.0 Å². The number of benzene rings is 3. The molecule has 0 aliphatic heterocycles. The molecule has 3 rings (SSSR count). The Morgan fingerprint density at radius 3 is 1.81 bits per heavy atom. The second-order valence-corrected chi connectivity index (χ2v) is 7.08. The number of hydrogen-bond donors (Lipinski definition) is 1. The number of hydrogen-bond acceptors (Lipinski definition) is 5. The zero-order valence-electron chi connectivity index (χ0n) is 14.8. The number of rotatable bonds is 6. The van der Waals surface area contributed by atoms with E-state index >= 15 is 0 Å². The third kappa shape index (κ3) is 5.76. The monoisotopic (exact) mass is 388 g/mol. The van der Waals surface area contributed by atoms with E-state index in [0.717, 1.165) is 0 Å². The van der Waals surface area contributed by atoms with Crippen LogP contribution in [0.5, 0.6) is 0 Å². The zero-order chi connectivity index (χ0) is 18.4. The Balaban J connectivity index is 0.00000261. The molecule has 27 heavy (non-hydrogen) atoms. The van der Waals surface area contributed by atoms with Gasteiger partial charge in [0.05, 0.1) is 11.4 Å². The number of hydrazone groups is 1. The van der Waals surface area contributed by atoms with Gasteiger partial charge in [0.2, 0.25) is 0 Å². The van der Waals surface area contributed by atoms with Crippen molar-refractivity contribution in [2.45, 2.75) is 5.25 Å². The SMILES string of the molecule is O=S(=O)([O-])C(/C(=N\Nc1ccccc1)c1ccccc1)c1ccccc1.[Na+]. The summed E-state index contributed by atoms with van der Waals surface area (Å²) in [6, 6.07) is 26.3. The molecule has 5 nitrogen and oxygen atoms in total. The molecular weight excluding hydrogens is 371 g/mol. The summed E-state index contributed by atoms with van der Waals surface area (Å²) < 4.78 is 36.3. The number of nitrogens with one attached hydrogen (secondary N) is 1. The Bertz CT molecular complexity index is 980. The van der Waals surface area contributed by atoms with Crippen molar-refractivity contribution in [3.8, 4) is 0 Å². The first-order valence-electron chi connectivity index (χ1n) is 7.99. The van der Waals surface area contributed by atoms with Crippen LogP contribution in [-0.2, 0) is 10.1 Å². The smallest absolute Gasteiger partial charge is 0.747 e. The fraction of sp³-hybridized carbons (Fsp3) is 0.0500. The molecule has 1 atom stereocenters. The van der Waals surface area contributed by atoms with Crippen molar-refractivity contribution < 1.29 is 42.5 Å². The second kappa shape index (κ2) is 9.82. The van der Waals surface area contributed by atoms with Crippen LogP contribution in [0, 0.1) is 0 Å². The quantitative estimate of drug-likeness (QED) is 0.293. The Hall–Kier alpha value is -1.96. The van der Waals surface area contributed by atoms with Gasteiger partial charge in [-0.05, 0) is 23.3 Å². The number of nitrogens with zero attached hydrogens (tertiary/aromatic N) is 1. The molecule has 0 aliphatic rings. The molecule has 0 bridgehead atoms. The molecular formula is C20H17N2NaO3S. The average molecular weight is 388 g/mol. The maximum absolute atomic E-state index is 12.1. The fourth-order valence-electron chi connectivity index (χ4n) is 2.61. The average Bonchev–Trinajstić information content (AvgIpc) is 2.66. The van der Waals surface area contributed by atoms with Crippen molar-refractivity contribution in [2.75, 3.05) is 5.43 Å². The fourth-order valence-corrected chi connectivity index (χ4v) is 3.56. The van der Waals surface area contributed by atoms with E-state index in [1.54, 1.807) is 66.7 Å². The maximum Gasteiger partial charge on any atom is 1.00 e. The zero-order valence-corrected chi connectivity index (χ0v) is 17.6. The summed E-state index contributed by atoms with van der Waals surface area (Å²) in [6.45, 7) is 0. The molecule has 0 spiro atoms. The molecule has 0 fully saturated rings. The minimum absolute atomic E-state index is 0. The summed E-state index contributed by atoms with van der Waals surface area (Å²) in [5.41, 5.74) is 4.62. The van der Waals surface area contributed by atoms with E-state index < -0.39 is 15.4 Å². The van der Waals surface area contributed by atoms with Crippen molar-refractivity contribution in [1.29, 1.82) is 0 Å². The summed E-state index contributed by atoms with van der Waals surface area (Å²) in [7, 11) is -4.69. The number of anilines is 1. The van der Waals surface area contributed by atoms with Gasteiger partial charge in [-0.15, -0.1) is 0 Å². The molecule has 1 N–H and O–H groups in total. The van der Waals surface area contributed by atoms with Gasteiger partial charge in [-0.3, -0.25) is 5.43 Å². The topological polar surface area (TPSA) is 81.6 Å². The minimum atomic E-state index is -4.69. The van der Waals surface area contributed by atoms with E-state index in [9.17, 15) is 13.0 Å². The molecule has 132 valence electrons. The van der Waals surface area contributed by atoms with Crippen molar-refractivity contribution in [3.05, 3.63) is 102 Å². The first-order chi connectivity index (χ1) is 12.6. The molecule has 7 heteroatoms. The summed E-state index contributed by atoms with van der Waals surface area (Å²) in [6.07, 6.45) is 0. The van der Waals surface area contributed by atoms with Crippen LogP contribution >= 0.6 is 0 Å². The summed E-state index contributed by atoms with van der Waals surface area (Å²) in [5.74, 6) is 0. The van der Waals surface area contributed by atoms with Crippen molar-refractivity contribution in [2.24, 2.45) is 5.10 Å². The first kappa shape index (κ1) is 21.3. The minimum Gasteiger partial charge on any atom is -0.747 e. The van der Waals surface area contributed by atoms with E-state index in [4.69, 9.17) is 0 Å². The molecule has 0 radical (unpaired) electrons. The van der Waals surface area contributed by atoms with Gasteiger partial charge in [0.1, 0.15) is 15.4 Å². The molecule has 0 amide bonds. The molecule has 3 aromatic carbocycles. The van der Waals surface area contributed by atoms with Crippen LogP contribution in [0.3, 0.4) is 0 Å². The van der Waals surface area contributed by atoms with Crippen molar-refractivity contribution in [3.63, 3.8) is 0 Å². The van der Waals surface area contributed by atoms with Crippen LogP contribution in [0.25, 0.3) is 0 Å². The van der Waals surface area contributed by atoms with E-state index in [1.165, 1.54) is 0 Å². The van der Waals surface area contributed by atoms with Gasteiger partial charge < -0.3 is 4.55 Å². The predicted octanol–water partition coefficient (Wildman–Crippen LogP) is 0.793. The van der Waals surface area contributed by atoms with Gasteiger partial charge in [0.25, 0.3) is 0 Å². The molecule has 0 aromatic heterocycles. The van der Waals surface area contributed by atoms with Gasteiger partial charge >= 0.3 is 29.6 Å². The van der Waals surface area contributed by atoms with E-state index in [1.807, 2.05) is 24.3 Å². The summed E-state index contributed by atoms with van der Waals surface area (Å²) >= 11 is 0. The van der Waals surface area contributed by atoms with Gasteiger partial charge in [-0.1, -0.05) is 78.9 Å². The van der Waals surface area contributed by atoms with Crippen LogP contribution in [0.4, 0.5) is 5.69 Å². The standard InChI is InChI=1S/C20H18N2O3S.Na/c23-26(24,25)20(17-12-6-2-7-13-17)19(16-10-4-1-5-11-16)22-21-18-14-8-3-9-15-18;/h1-15,20-21H,(H,23,24,25);/q;+1/p-1/b22-19-;. The van der Waals surface area contributed by atoms with Crippen molar-refractivity contribution in [1.82, 2.24) is 0 Å². The first-order valence-corrected chi connectivity index (χ1v) is 9.46. The molecule has 0 saturated heterocycles. The Kier molecular flexibility index (Phi) is 7.77. The third-order valence-corrected chi connectivity index (χ3v) is 4.86. The van der Waals surface area contributed by atoms with E-state index in [2.05, 4.69) is 10.5 Å². The number of para-hydroxylation sites is 1. The van der Waals surface area contributed by atoms with Gasteiger partial charge in [-0.25, -0.2) is 8.42 Å². The van der Waals surface area contributed by atoms with Crippen LogP contribution in [0.1, 0.15) is 16.4 Å². The van der Waals surface area contributed by atoms with Crippen molar-refractivity contribution >= 4 is 21.5 Å². The Morgan fingerprint density at radius 2 is 1.30 bits per heavy atom. The Morgan fingerprint density at radius 1 is 0.815 bits per heavy atom. The van der Waals surface area contributed by atoms with E-state index in [0.29, 0.717) is 16.8 Å². The second-order valence-electron chi connectivity index (χ2n) is 5.62. The third-order valence-electron chi connectivity index (χ3n) is 3.79. The van der Waals surface area contributed by atoms with E-state index in [-0.39, 0.29) is 35.3 Å². The normalized spacial score (nSPS) is 12.7. The Labute approximate surface area is 181 Å². The predicted molar refractivity (Wildman–Crippen MR) is 102 cm³/mol. The molecule has 0 heterocycles. The van der Waals surface area contributed by atoms with Crippen LogP contribution in [0.2, 0.25) is 0 Å². The van der Waals surface area contributed by atoms with Gasteiger partial charge in [0, 0.05) is 0 Å². The van der Waals surface area contributed by atoms with Crippen LogP contribution in [0.15, 0.2) is 96.1 Å². The molecule has 1 unspecified atom stereocenters. The van der Waals surface area contributed by atoms with Crippen LogP contribution in [-0.4, -0.2) is 18.7 Å². The van der Waals surface area contributed by atoms with Gasteiger partial charge in [0.15, 0.2) is 0 Å². The largest absolute Gasteiger partial charge is 1.00 e. The molecule has 0 aliphatic carbocycles. The van der Waals surface area contributed by atoms with Gasteiger partial charge in [-0.2, -0.15) is 5.10 Å².